The van der Waals surface area contributed by atoms with Gasteiger partial charge in [-0.05, 0) is 30.7 Å². The van der Waals surface area contributed by atoms with Crippen molar-refractivity contribution in [3.05, 3.63) is 41.9 Å². The van der Waals surface area contributed by atoms with E-state index < -0.39 is 0 Å². The maximum absolute atomic E-state index is 13.0. The van der Waals surface area contributed by atoms with E-state index in [9.17, 15) is 4.39 Å². The quantitative estimate of drug-likeness (QED) is 0.859. The maximum Gasteiger partial charge on any atom is 0.127 e. The molecule has 1 aromatic carbocycles. The maximum atomic E-state index is 13.0. The zero-order chi connectivity index (χ0) is 13.8. The summed E-state index contributed by atoms with van der Waals surface area (Å²) in [6.45, 7) is 4.50. The molecule has 0 atom stereocenters. The first-order valence-corrected chi connectivity index (χ1v) is 6.82. The Bertz CT molecular complexity index is 556. The Morgan fingerprint density at radius 2 is 1.82 bits per heavy atom. The van der Waals surface area contributed by atoms with Gasteiger partial charge in [0.15, 0.2) is 0 Å². The lowest BCUT2D eigenvalue weighted by Crippen LogP contribution is -2.37. The lowest BCUT2D eigenvalue weighted by molar-refractivity contribution is 0.0384. The predicted molar refractivity (Wildman–Crippen MR) is 83.7 cm³/mol. The molecule has 0 aliphatic carbocycles. The number of halogens is 2. The molecular weight excluding hydrogens is 311 g/mol. The molecule has 0 amide bonds. The van der Waals surface area contributed by atoms with Crippen LogP contribution in [0.25, 0.3) is 11.3 Å². The standard InChI is InChI=1S/C15H17FN2O2.ClH.H2O/c16-14-3-1-12(2-4-14)15-13(11-20-17-15)5-6-18-7-9-19-10-8-18;;/h1-4,11H,5-10H2;1H;1H2. The Labute approximate surface area is 134 Å². The van der Waals surface area contributed by atoms with Crippen LogP contribution in [0.15, 0.2) is 35.1 Å². The van der Waals surface area contributed by atoms with Gasteiger partial charge in [-0.2, -0.15) is 0 Å². The van der Waals surface area contributed by atoms with Gasteiger partial charge in [-0.1, -0.05) is 5.16 Å². The van der Waals surface area contributed by atoms with Crippen molar-refractivity contribution in [3.8, 4) is 11.3 Å². The highest BCUT2D eigenvalue weighted by Gasteiger charge is 2.14. The van der Waals surface area contributed by atoms with Crippen LogP contribution in [0, 0.1) is 5.82 Å². The number of ether oxygens (including phenoxy) is 1. The van der Waals surface area contributed by atoms with E-state index in [1.165, 1.54) is 12.1 Å². The highest BCUT2D eigenvalue weighted by atomic mass is 35.5. The number of morpholine rings is 1. The van der Waals surface area contributed by atoms with E-state index in [-0.39, 0.29) is 23.7 Å². The van der Waals surface area contributed by atoms with Gasteiger partial charge in [-0.15, -0.1) is 12.4 Å². The molecule has 0 unspecified atom stereocenters. The summed E-state index contributed by atoms with van der Waals surface area (Å²) in [6, 6.07) is 6.34. The lowest BCUT2D eigenvalue weighted by Gasteiger charge is -2.26. The molecule has 22 heavy (non-hydrogen) atoms. The van der Waals surface area contributed by atoms with Crippen LogP contribution in [0.2, 0.25) is 0 Å². The zero-order valence-electron chi connectivity index (χ0n) is 12.1. The predicted octanol–water partition coefficient (Wildman–Crippen LogP) is 1.95. The van der Waals surface area contributed by atoms with Gasteiger partial charge in [-0.3, -0.25) is 4.90 Å². The highest BCUT2D eigenvalue weighted by molar-refractivity contribution is 5.85. The summed E-state index contributed by atoms with van der Waals surface area (Å²) in [7, 11) is 0. The van der Waals surface area contributed by atoms with Crippen LogP contribution in [0.3, 0.4) is 0 Å². The fraction of sp³-hybridized carbons (Fsp3) is 0.400. The Balaban J connectivity index is 0.00000121. The summed E-state index contributed by atoms with van der Waals surface area (Å²) in [5.41, 5.74) is 2.75. The van der Waals surface area contributed by atoms with Crippen LogP contribution in [0.5, 0.6) is 0 Å². The van der Waals surface area contributed by atoms with Crippen molar-refractivity contribution < 1.29 is 19.1 Å². The molecule has 1 saturated heterocycles. The van der Waals surface area contributed by atoms with Crippen molar-refractivity contribution in [3.63, 3.8) is 0 Å². The fourth-order valence-corrected chi connectivity index (χ4v) is 2.38. The normalized spacial score (nSPS) is 15.0. The van der Waals surface area contributed by atoms with Crippen molar-refractivity contribution in [1.29, 1.82) is 0 Å². The van der Waals surface area contributed by atoms with Gasteiger partial charge in [0.25, 0.3) is 0 Å². The van der Waals surface area contributed by atoms with Crippen molar-refractivity contribution in [2.75, 3.05) is 32.8 Å². The summed E-state index contributed by atoms with van der Waals surface area (Å²) < 4.78 is 23.4. The molecule has 5 nitrogen and oxygen atoms in total. The molecular formula is C15H20ClFN2O3. The van der Waals surface area contributed by atoms with Crippen molar-refractivity contribution in [2.45, 2.75) is 6.42 Å². The highest BCUT2D eigenvalue weighted by Crippen LogP contribution is 2.23. The van der Waals surface area contributed by atoms with E-state index in [1.54, 1.807) is 18.4 Å². The van der Waals surface area contributed by atoms with Crippen LogP contribution >= 0.6 is 12.4 Å². The molecule has 2 aromatic rings. The number of benzene rings is 1. The van der Waals surface area contributed by atoms with Crippen molar-refractivity contribution in [2.24, 2.45) is 0 Å². The SMILES string of the molecule is Cl.Fc1ccc(-c2nocc2CCN2CCOCC2)cc1.O. The van der Waals surface area contributed by atoms with Crippen LogP contribution in [0.4, 0.5) is 4.39 Å². The molecule has 0 bridgehead atoms. The second-order valence-corrected chi connectivity index (χ2v) is 4.90. The van der Waals surface area contributed by atoms with Crippen molar-refractivity contribution in [1.82, 2.24) is 10.1 Å². The molecule has 1 aliphatic rings. The van der Waals surface area contributed by atoms with E-state index in [1.807, 2.05) is 0 Å². The smallest absolute Gasteiger partial charge is 0.127 e. The Morgan fingerprint density at radius 1 is 1.14 bits per heavy atom. The number of aromatic nitrogens is 1. The monoisotopic (exact) mass is 330 g/mol. The second-order valence-electron chi connectivity index (χ2n) is 4.90. The van der Waals surface area contributed by atoms with Crippen molar-refractivity contribution >= 4 is 12.4 Å². The minimum Gasteiger partial charge on any atom is -0.412 e. The third kappa shape index (κ3) is 4.51. The van der Waals surface area contributed by atoms with Gasteiger partial charge in [-0.25, -0.2) is 4.39 Å². The third-order valence-corrected chi connectivity index (χ3v) is 3.56. The molecule has 122 valence electrons. The average Bonchev–Trinajstić information content (AvgIpc) is 2.95. The van der Waals surface area contributed by atoms with E-state index in [2.05, 4.69) is 10.1 Å². The minimum atomic E-state index is -0.243. The van der Waals surface area contributed by atoms with Crippen LogP contribution in [-0.2, 0) is 11.2 Å². The largest absolute Gasteiger partial charge is 0.412 e. The minimum absolute atomic E-state index is 0. The first-order valence-electron chi connectivity index (χ1n) is 6.82. The van der Waals surface area contributed by atoms with Crippen LogP contribution < -0.4 is 0 Å². The first kappa shape index (κ1) is 18.6. The van der Waals surface area contributed by atoms with Gasteiger partial charge in [0.05, 0.1) is 13.2 Å². The third-order valence-electron chi connectivity index (χ3n) is 3.56. The number of hydrogen-bond donors (Lipinski definition) is 0. The molecule has 0 radical (unpaired) electrons. The summed E-state index contributed by atoms with van der Waals surface area (Å²) in [6.07, 6.45) is 2.55. The van der Waals surface area contributed by atoms with Crippen LogP contribution in [-0.4, -0.2) is 48.4 Å². The molecule has 0 spiro atoms. The van der Waals surface area contributed by atoms with E-state index >= 15 is 0 Å². The fourth-order valence-electron chi connectivity index (χ4n) is 2.38. The molecule has 2 heterocycles. The number of rotatable bonds is 4. The van der Waals surface area contributed by atoms with Crippen LogP contribution in [0.1, 0.15) is 5.56 Å². The second kappa shape index (κ2) is 8.85. The Hall–Kier alpha value is -1.47. The molecule has 1 aromatic heterocycles. The topological polar surface area (TPSA) is 70.0 Å². The van der Waals surface area contributed by atoms with E-state index in [4.69, 9.17) is 9.26 Å². The average molecular weight is 331 g/mol. The Morgan fingerprint density at radius 3 is 2.50 bits per heavy atom. The summed E-state index contributed by atoms with van der Waals surface area (Å²) in [4.78, 5) is 2.37. The first-order chi connectivity index (χ1) is 9.83. The lowest BCUT2D eigenvalue weighted by atomic mass is 10.1. The summed E-state index contributed by atoms with van der Waals surface area (Å²) in [5.74, 6) is -0.243. The zero-order valence-corrected chi connectivity index (χ0v) is 12.9. The molecule has 0 saturated carbocycles. The van der Waals surface area contributed by atoms with E-state index in [0.717, 1.165) is 56.1 Å². The molecule has 1 fully saturated rings. The number of hydrogen-bond acceptors (Lipinski definition) is 4. The molecule has 1 aliphatic heterocycles. The Kier molecular flexibility index (Phi) is 7.47. The molecule has 2 N–H and O–H groups in total. The number of nitrogens with zero attached hydrogens (tertiary/aromatic N) is 2. The molecule has 3 rings (SSSR count). The summed E-state index contributed by atoms with van der Waals surface area (Å²) >= 11 is 0. The molecule has 7 heteroatoms. The van der Waals surface area contributed by atoms with Gasteiger partial charge < -0.3 is 14.7 Å². The van der Waals surface area contributed by atoms with Gasteiger partial charge >= 0.3 is 0 Å². The van der Waals surface area contributed by atoms with Gasteiger partial charge in [0.1, 0.15) is 17.8 Å². The van der Waals surface area contributed by atoms with Gasteiger partial charge in [0.2, 0.25) is 0 Å². The van der Waals surface area contributed by atoms with Gasteiger partial charge in [0, 0.05) is 30.8 Å². The van der Waals surface area contributed by atoms with E-state index in [0.29, 0.717) is 0 Å². The summed E-state index contributed by atoms with van der Waals surface area (Å²) in [5, 5.41) is 4.04.